The summed E-state index contributed by atoms with van der Waals surface area (Å²) < 4.78 is 22.8. The summed E-state index contributed by atoms with van der Waals surface area (Å²) in [6.45, 7) is 10.5. The van der Waals surface area contributed by atoms with Crippen molar-refractivity contribution in [2.24, 2.45) is 0 Å². The lowest BCUT2D eigenvalue weighted by atomic mass is 10.2. The summed E-state index contributed by atoms with van der Waals surface area (Å²) in [7, 11) is 3.44. The van der Waals surface area contributed by atoms with Crippen molar-refractivity contribution in [1.29, 1.82) is 0 Å². The van der Waals surface area contributed by atoms with Gasteiger partial charge < -0.3 is 34.2 Å². The number of aryl methyl sites for hydroxylation is 1. The molecule has 1 aliphatic heterocycles. The molecule has 38 heavy (non-hydrogen) atoms. The predicted molar refractivity (Wildman–Crippen MR) is 150 cm³/mol. The van der Waals surface area contributed by atoms with Crippen molar-refractivity contribution in [1.82, 2.24) is 15.3 Å². The molecule has 0 bridgehead atoms. The van der Waals surface area contributed by atoms with Gasteiger partial charge in [-0.25, -0.2) is 0 Å². The molecule has 1 fully saturated rings. The van der Waals surface area contributed by atoms with Crippen LogP contribution in [0.15, 0.2) is 34.7 Å². The molecule has 3 heterocycles. The van der Waals surface area contributed by atoms with Gasteiger partial charge in [0.15, 0.2) is 5.69 Å². The van der Waals surface area contributed by atoms with Crippen molar-refractivity contribution in [3.8, 4) is 23.5 Å². The van der Waals surface area contributed by atoms with Crippen LogP contribution < -0.4 is 34.9 Å². The van der Waals surface area contributed by atoms with E-state index in [1.165, 1.54) is 19.4 Å². The Bertz CT molecular complexity index is 1260. The van der Waals surface area contributed by atoms with Crippen LogP contribution in [0.1, 0.15) is 17.7 Å². The van der Waals surface area contributed by atoms with E-state index in [0.29, 0.717) is 23.7 Å². The average Bonchev–Trinajstić information content (AvgIpc) is 3.54. The summed E-state index contributed by atoms with van der Waals surface area (Å²) in [4.78, 5) is 24.0. The third-order valence-corrected chi connectivity index (χ3v) is 8.64. The number of hydrogen-bond donors (Lipinski definition) is 2. The second-order valence-corrected chi connectivity index (χ2v) is 15.5. The molecule has 1 saturated heterocycles. The number of furan rings is 1. The fraction of sp³-hybridized carbons (Fsp3) is 0.444. The van der Waals surface area contributed by atoms with Gasteiger partial charge in [0, 0.05) is 25.2 Å². The molecule has 1 unspecified atom stereocenters. The highest BCUT2D eigenvalue weighted by Gasteiger charge is 2.27. The Morgan fingerprint density at radius 3 is 2.45 bits per heavy atom. The summed E-state index contributed by atoms with van der Waals surface area (Å²) >= 11 is 0. The van der Waals surface area contributed by atoms with Crippen LogP contribution >= 0.6 is 0 Å². The molecule has 0 aliphatic carbocycles. The summed E-state index contributed by atoms with van der Waals surface area (Å²) in [6.07, 6.45) is 0.975. The lowest BCUT2D eigenvalue weighted by Gasteiger charge is -2.19. The smallest absolute Gasteiger partial charge is 0.290 e. The van der Waals surface area contributed by atoms with E-state index in [-0.39, 0.29) is 29.8 Å². The van der Waals surface area contributed by atoms with Gasteiger partial charge in [-0.1, -0.05) is 37.0 Å². The zero-order chi connectivity index (χ0) is 27.4. The maximum absolute atomic E-state index is 12.9. The molecule has 1 aromatic carbocycles. The van der Waals surface area contributed by atoms with Gasteiger partial charge in [0.1, 0.15) is 11.5 Å². The summed E-state index contributed by atoms with van der Waals surface area (Å²) in [5.74, 6) is 2.17. The Labute approximate surface area is 224 Å². The largest absolute Gasteiger partial charge is 0.479 e. The molecule has 2 aromatic heterocycles. The number of likely N-dealkylation sites (N-methyl/N-ethyl adjacent to an activating group) is 1. The SMILES string of the molecule is CNC1CCN(c2nc(OC)c(NC(=O)Cc3ccc(Oc4cc([Si](C)(C)C)ccc4C)o3)c(OC)n2)C1. The molecule has 10 nitrogen and oxygen atoms in total. The normalized spacial score (nSPS) is 15.4. The van der Waals surface area contributed by atoms with Crippen LogP contribution in [0.5, 0.6) is 23.5 Å². The number of ether oxygens (including phenoxy) is 3. The lowest BCUT2D eigenvalue weighted by Crippen LogP contribution is -2.37. The number of amides is 1. The Morgan fingerprint density at radius 1 is 1.13 bits per heavy atom. The van der Waals surface area contributed by atoms with Gasteiger partial charge in [0.05, 0.1) is 28.7 Å². The quantitative estimate of drug-likeness (QED) is 0.373. The molecule has 11 heteroatoms. The molecular weight excluding hydrogens is 502 g/mol. The number of carbonyl (C=O) groups excluding carboxylic acids is 1. The number of aromatic nitrogens is 2. The molecule has 4 rings (SSSR count). The lowest BCUT2D eigenvalue weighted by molar-refractivity contribution is -0.115. The van der Waals surface area contributed by atoms with E-state index in [1.807, 2.05) is 14.0 Å². The first-order valence-electron chi connectivity index (χ1n) is 12.7. The van der Waals surface area contributed by atoms with E-state index in [9.17, 15) is 4.79 Å². The van der Waals surface area contributed by atoms with Crippen LogP contribution in [0, 0.1) is 6.92 Å². The minimum Gasteiger partial charge on any atom is -0.479 e. The highest BCUT2D eigenvalue weighted by atomic mass is 28.3. The van der Waals surface area contributed by atoms with E-state index in [1.54, 1.807) is 12.1 Å². The molecule has 0 radical (unpaired) electrons. The fourth-order valence-electron chi connectivity index (χ4n) is 4.27. The molecule has 0 spiro atoms. The summed E-state index contributed by atoms with van der Waals surface area (Å²) in [5.41, 5.74) is 1.29. The van der Waals surface area contributed by atoms with Gasteiger partial charge in [-0.05, 0) is 38.1 Å². The number of rotatable bonds is 10. The van der Waals surface area contributed by atoms with Gasteiger partial charge in [0.2, 0.25) is 23.6 Å². The van der Waals surface area contributed by atoms with Crippen LogP contribution in [0.4, 0.5) is 11.6 Å². The van der Waals surface area contributed by atoms with Crippen molar-refractivity contribution < 1.29 is 23.4 Å². The minimum atomic E-state index is -1.49. The topological polar surface area (TPSA) is 111 Å². The zero-order valence-corrected chi connectivity index (χ0v) is 24.2. The van der Waals surface area contributed by atoms with Crippen LogP contribution in [-0.2, 0) is 11.2 Å². The van der Waals surface area contributed by atoms with Crippen LogP contribution in [0.25, 0.3) is 0 Å². The van der Waals surface area contributed by atoms with Crippen molar-refractivity contribution in [2.75, 3.05) is 44.6 Å². The van der Waals surface area contributed by atoms with Crippen molar-refractivity contribution in [2.45, 2.75) is 45.4 Å². The maximum Gasteiger partial charge on any atom is 0.290 e. The first-order valence-corrected chi connectivity index (χ1v) is 16.2. The summed E-state index contributed by atoms with van der Waals surface area (Å²) in [6, 6.07) is 10.1. The fourth-order valence-corrected chi connectivity index (χ4v) is 5.41. The molecular formula is C27H37N5O5Si. The standard InChI is InChI=1S/C27H37N5O5Si/c1-17-8-10-20(38(5,6)7)15-21(17)37-23-11-9-19(36-23)14-22(33)29-24-25(34-3)30-27(31-26(24)35-4)32-13-12-18(16-32)28-2/h8-11,15,18,28H,12-14,16H2,1-7H3,(H,29,33). The Balaban J connectivity index is 1.45. The predicted octanol–water partition coefficient (Wildman–Crippen LogP) is 3.71. The van der Waals surface area contributed by atoms with Gasteiger partial charge in [0.25, 0.3) is 5.95 Å². The van der Waals surface area contributed by atoms with Gasteiger partial charge >= 0.3 is 0 Å². The molecule has 3 aromatic rings. The third kappa shape index (κ3) is 6.28. The third-order valence-electron chi connectivity index (χ3n) is 6.60. The zero-order valence-electron chi connectivity index (χ0n) is 23.2. The Morgan fingerprint density at radius 2 is 1.84 bits per heavy atom. The Kier molecular flexibility index (Phi) is 8.27. The number of nitrogens with one attached hydrogen (secondary N) is 2. The first-order chi connectivity index (χ1) is 18.1. The van der Waals surface area contributed by atoms with E-state index >= 15 is 0 Å². The summed E-state index contributed by atoms with van der Waals surface area (Å²) in [5, 5.41) is 7.39. The average molecular weight is 540 g/mol. The van der Waals surface area contributed by atoms with Crippen molar-refractivity contribution >= 4 is 30.8 Å². The number of carbonyl (C=O) groups is 1. The number of benzene rings is 1. The molecule has 1 aliphatic rings. The number of hydrogen-bond acceptors (Lipinski definition) is 9. The second kappa shape index (κ2) is 11.4. The highest BCUT2D eigenvalue weighted by molar-refractivity contribution is 6.88. The van der Waals surface area contributed by atoms with Crippen molar-refractivity contribution in [3.63, 3.8) is 0 Å². The Hall–Kier alpha value is -3.57. The minimum absolute atomic E-state index is 0.0126. The molecule has 0 saturated carbocycles. The first kappa shape index (κ1) is 27.5. The van der Waals surface area contributed by atoms with Crippen LogP contribution in [0.2, 0.25) is 19.6 Å². The molecule has 204 valence electrons. The van der Waals surface area contributed by atoms with E-state index < -0.39 is 8.07 Å². The van der Waals surface area contributed by atoms with Gasteiger partial charge in [-0.15, -0.1) is 0 Å². The second-order valence-electron chi connectivity index (χ2n) is 10.4. The monoisotopic (exact) mass is 539 g/mol. The van der Waals surface area contributed by atoms with E-state index in [0.717, 1.165) is 30.8 Å². The molecule has 1 amide bonds. The molecule has 2 N–H and O–H groups in total. The maximum atomic E-state index is 12.9. The van der Waals surface area contributed by atoms with Crippen molar-refractivity contribution in [3.05, 3.63) is 41.7 Å². The van der Waals surface area contributed by atoms with E-state index in [2.05, 4.69) is 63.3 Å². The van der Waals surface area contributed by atoms with Crippen LogP contribution in [-0.4, -0.2) is 64.3 Å². The number of methoxy groups -OCH3 is 2. The molecule has 1 atom stereocenters. The van der Waals surface area contributed by atoms with Gasteiger partial charge in [-0.3, -0.25) is 4.79 Å². The van der Waals surface area contributed by atoms with E-state index in [4.69, 9.17) is 18.6 Å². The number of anilines is 2. The van der Waals surface area contributed by atoms with Crippen LogP contribution in [0.3, 0.4) is 0 Å². The highest BCUT2D eigenvalue weighted by Crippen LogP contribution is 2.34. The van der Waals surface area contributed by atoms with Gasteiger partial charge in [-0.2, -0.15) is 9.97 Å². The number of nitrogens with zero attached hydrogens (tertiary/aromatic N) is 3.